The van der Waals surface area contributed by atoms with Gasteiger partial charge in [-0.25, -0.2) is 0 Å². The summed E-state index contributed by atoms with van der Waals surface area (Å²) in [5, 5.41) is 4.93. The molecule has 0 heterocycles. The summed E-state index contributed by atoms with van der Waals surface area (Å²) in [6.07, 6.45) is 1.25. The van der Waals surface area contributed by atoms with E-state index in [0.29, 0.717) is 0 Å². The van der Waals surface area contributed by atoms with Gasteiger partial charge in [0.1, 0.15) is 0 Å². The number of rotatable bonds is 11. The predicted octanol–water partition coefficient (Wildman–Crippen LogP) is 23.6. The Morgan fingerprint density at radius 3 is 0.877 bits per heavy atom. The number of anilines is 6. The molecule has 0 atom stereocenters. The van der Waals surface area contributed by atoms with Gasteiger partial charge in [-0.3, -0.25) is 0 Å². The van der Waals surface area contributed by atoms with Gasteiger partial charge < -0.3 is 9.80 Å². The first-order valence-corrected chi connectivity index (χ1v) is 28.9. The smallest absolute Gasteiger partial charge is 0.0467 e. The SMILES string of the molecule is CC.CCC.Cc1ccc(-c2ccc(N(c3cccc(C)c3)c3cccc(-c4ccc5ccc(C)c(-c6c(C)ccc7ccc(-c8cccc(N(c9ccc(-c%10ccc(C)cc%10)cc9)c9cccc(C)c9)c8)cc67)c5c4)c3)cc2)cc1. The molecule has 0 fully saturated rings. The molecule has 0 saturated carbocycles. The van der Waals surface area contributed by atoms with Crippen molar-refractivity contribution < 1.29 is 0 Å². The van der Waals surface area contributed by atoms with Crippen LogP contribution in [0.5, 0.6) is 0 Å². The largest absolute Gasteiger partial charge is 0.310 e. The highest BCUT2D eigenvalue weighted by atomic mass is 15.1. The van der Waals surface area contributed by atoms with Crippen molar-refractivity contribution in [3.63, 3.8) is 0 Å². The number of hydrogen-bond acceptors (Lipinski definition) is 2. The third kappa shape index (κ3) is 12.0. The molecule has 0 aliphatic heterocycles. The fourth-order valence-corrected chi connectivity index (χ4v) is 11.1. The van der Waals surface area contributed by atoms with E-state index >= 15 is 0 Å². The Bertz CT molecular complexity index is 3840. The second-order valence-corrected chi connectivity index (χ2v) is 21.4. The monoisotopic (exact) mass is 1050 g/mol. The molecule has 0 bridgehead atoms. The van der Waals surface area contributed by atoms with E-state index in [2.05, 4.69) is 320 Å². The zero-order chi connectivity index (χ0) is 56.6. The molecule has 0 saturated heterocycles. The normalized spacial score (nSPS) is 10.9. The third-order valence-corrected chi connectivity index (χ3v) is 15.1. The van der Waals surface area contributed by atoms with Gasteiger partial charge in [0.25, 0.3) is 0 Å². The van der Waals surface area contributed by atoms with Gasteiger partial charge in [0.05, 0.1) is 0 Å². The maximum atomic E-state index is 2.42. The molecule has 12 rings (SSSR count). The molecule has 0 amide bonds. The molecule has 0 aromatic heterocycles. The van der Waals surface area contributed by atoms with E-state index in [1.807, 2.05) is 13.8 Å². The van der Waals surface area contributed by atoms with Crippen LogP contribution in [0.2, 0.25) is 0 Å². The van der Waals surface area contributed by atoms with Crippen LogP contribution in [0.1, 0.15) is 67.5 Å². The van der Waals surface area contributed by atoms with Crippen molar-refractivity contribution >= 4 is 55.7 Å². The average Bonchev–Trinajstić information content (AvgIpc) is 3.51. The Kier molecular flexibility index (Phi) is 16.9. The van der Waals surface area contributed by atoms with Gasteiger partial charge in [-0.05, 0) is 226 Å². The van der Waals surface area contributed by atoms with Crippen molar-refractivity contribution in [2.75, 3.05) is 9.80 Å². The first-order chi connectivity index (χ1) is 39.5. The molecule has 0 aliphatic rings. The molecule has 12 aromatic carbocycles. The second kappa shape index (κ2) is 24.8. The van der Waals surface area contributed by atoms with E-state index in [0.717, 1.165) is 34.1 Å². The van der Waals surface area contributed by atoms with Crippen molar-refractivity contribution in [1.29, 1.82) is 0 Å². The molecule has 12 aromatic rings. The van der Waals surface area contributed by atoms with Gasteiger partial charge in [0.2, 0.25) is 0 Å². The van der Waals surface area contributed by atoms with E-state index < -0.39 is 0 Å². The number of aryl methyl sites for hydroxylation is 6. The fraction of sp³-hybridized carbons (Fsp3) is 0.139. The zero-order valence-electron chi connectivity index (χ0n) is 48.9. The van der Waals surface area contributed by atoms with E-state index in [1.165, 1.54) is 117 Å². The minimum atomic E-state index is 1.11. The zero-order valence-corrected chi connectivity index (χ0v) is 48.9. The van der Waals surface area contributed by atoms with Gasteiger partial charge in [-0.1, -0.05) is 215 Å². The molecule has 0 radical (unpaired) electrons. The Morgan fingerprint density at radius 2 is 0.531 bits per heavy atom. The lowest BCUT2D eigenvalue weighted by Crippen LogP contribution is -2.10. The summed E-state index contributed by atoms with van der Waals surface area (Å²) in [5.41, 5.74) is 26.2. The minimum absolute atomic E-state index is 1.11. The van der Waals surface area contributed by atoms with Gasteiger partial charge >= 0.3 is 0 Å². The van der Waals surface area contributed by atoms with Crippen molar-refractivity contribution in [3.8, 4) is 55.6 Å². The van der Waals surface area contributed by atoms with E-state index in [4.69, 9.17) is 0 Å². The summed E-state index contributed by atoms with van der Waals surface area (Å²) in [6.45, 7) is 21.4. The second-order valence-electron chi connectivity index (χ2n) is 21.4. The maximum absolute atomic E-state index is 2.42. The Labute approximate surface area is 482 Å². The summed E-state index contributed by atoms with van der Waals surface area (Å²) in [6, 6.07) is 94.3. The third-order valence-electron chi connectivity index (χ3n) is 15.1. The van der Waals surface area contributed by atoms with Crippen LogP contribution in [-0.2, 0) is 0 Å². The van der Waals surface area contributed by atoms with Crippen molar-refractivity contribution in [1.82, 2.24) is 0 Å². The van der Waals surface area contributed by atoms with E-state index in [9.17, 15) is 0 Å². The first-order valence-electron chi connectivity index (χ1n) is 28.9. The van der Waals surface area contributed by atoms with Gasteiger partial charge in [-0.15, -0.1) is 0 Å². The number of hydrogen-bond donors (Lipinski definition) is 0. The molecule has 0 unspecified atom stereocenters. The molecule has 0 N–H and O–H groups in total. The molecule has 2 heteroatoms. The van der Waals surface area contributed by atoms with Crippen LogP contribution in [0, 0.1) is 41.5 Å². The number of benzene rings is 12. The van der Waals surface area contributed by atoms with E-state index in [-0.39, 0.29) is 0 Å². The lowest BCUT2D eigenvalue weighted by Gasteiger charge is -2.26. The van der Waals surface area contributed by atoms with Crippen molar-refractivity contribution in [3.05, 3.63) is 288 Å². The van der Waals surface area contributed by atoms with Gasteiger partial charge in [0.15, 0.2) is 0 Å². The Balaban J connectivity index is 0.00000143. The molecule has 0 spiro atoms. The summed E-state index contributed by atoms with van der Waals surface area (Å²) in [5.74, 6) is 0. The predicted molar refractivity (Wildman–Crippen MR) is 354 cm³/mol. The molecule has 2 nitrogen and oxygen atoms in total. The lowest BCUT2D eigenvalue weighted by atomic mass is 9.86. The highest BCUT2D eigenvalue weighted by molar-refractivity contribution is 6.09. The van der Waals surface area contributed by atoms with Gasteiger partial charge in [0, 0.05) is 34.1 Å². The van der Waals surface area contributed by atoms with Crippen LogP contribution in [0.3, 0.4) is 0 Å². The van der Waals surface area contributed by atoms with E-state index in [1.54, 1.807) is 0 Å². The highest BCUT2D eigenvalue weighted by Gasteiger charge is 2.19. The van der Waals surface area contributed by atoms with Crippen LogP contribution < -0.4 is 9.80 Å². The quantitative estimate of drug-likeness (QED) is 0.127. The molecule has 0 aliphatic carbocycles. The van der Waals surface area contributed by atoms with Crippen LogP contribution >= 0.6 is 0 Å². The van der Waals surface area contributed by atoms with Gasteiger partial charge in [-0.2, -0.15) is 0 Å². The molecular formula is C79H74N2. The van der Waals surface area contributed by atoms with Crippen molar-refractivity contribution in [2.24, 2.45) is 0 Å². The summed E-state index contributed by atoms with van der Waals surface area (Å²) in [4.78, 5) is 4.76. The molecular weight excluding hydrogens is 977 g/mol. The number of fused-ring (bicyclic) bond motifs is 2. The lowest BCUT2D eigenvalue weighted by molar-refractivity contribution is 1.09. The minimum Gasteiger partial charge on any atom is -0.310 e. The molecule has 81 heavy (non-hydrogen) atoms. The topological polar surface area (TPSA) is 6.48 Å². The standard InChI is InChI=1S/C74H60N2.C3H8.C2H6/c1-49-19-25-55(26-20-49)57-35-39-65(40-36-57)75(67-15-7-11-51(3)43-67)69-17-9-13-61(45-69)63-33-31-59-29-23-53(5)73(71(59)47-63)74-54(6)24-30-60-32-34-64(48-72(60)74)62-14-10-18-70(46-62)76(68-16-8-12-52(4)44-68)66-41-37-58(38-42-66)56-27-21-50(2)22-28-56;1-3-2;1-2/h7-48H,1-6H3;3H2,1-2H3;1-2H3. The fourth-order valence-electron chi connectivity index (χ4n) is 11.1. The maximum Gasteiger partial charge on any atom is 0.0467 e. The van der Waals surface area contributed by atoms with Crippen LogP contribution in [0.4, 0.5) is 34.1 Å². The van der Waals surface area contributed by atoms with Crippen LogP contribution in [0.15, 0.2) is 255 Å². The average molecular weight is 1050 g/mol. The summed E-state index contributed by atoms with van der Waals surface area (Å²) < 4.78 is 0. The number of nitrogens with zero attached hydrogens (tertiary/aromatic N) is 2. The van der Waals surface area contributed by atoms with Crippen molar-refractivity contribution in [2.45, 2.75) is 75.7 Å². The molecule has 400 valence electrons. The van der Waals surface area contributed by atoms with Crippen LogP contribution in [0.25, 0.3) is 77.2 Å². The first kappa shape index (κ1) is 55.1. The Hall–Kier alpha value is -9.24. The summed E-state index contributed by atoms with van der Waals surface area (Å²) in [7, 11) is 0. The summed E-state index contributed by atoms with van der Waals surface area (Å²) >= 11 is 0. The Morgan fingerprint density at radius 1 is 0.247 bits per heavy atom. The van der Waals surface area contributed by atoms with Crippen LogP contribution in [-0.4, -0.2) is 0 Å². The highest BCUT2D eigenvalue weighted by Crippen LogP contribution is 2.44.